The Morgan fingerprint density at radius 3 is 2.80 bits per heavy atom. The third-order valence-electron chi connectivity index (χ3n) is 2.54. The van der Waals surface area contributed by atoms with Gasteiger partial charge >= 0.3 is 5.97 Å². The summed E-state index contributed by atoms with van der Waals surface area (Å²) < 4.78 is 5.08. The molecule has 0 amide bonds. The minimum absolute atomic E-state index is 0.122. The van der Waals surface area contributed by atoms with E-state index < -0.39 is 5.97 Å². The molecule has 84 valence electrons. The van der Waals surface area contributed by atoms with Crippen molar-refractivity contribution in [2.75, 3.05) is 0 Å². The summed E-state index contributed by atoms with van der Waals surface area (Å²) in [6.07, 6.45) is 3.10. The maximum absolute atomic E-state index is 11.0. The van der Waals surface area contributed by atoms with Crippen molar-refractivity contribution in [3.05, 3.63) is 17.0 Å². The number of carbonyl (C=O) groups is 1. The zero-order valence-corrected chi connectivity index (χ0v) is 9.41. The molecule has 0 aliphatic rings. The first-order valence-electron chi connectivity index (χ1n) is 5.27. The van der Waals surface area contributed by atoms with Gasteiger partial charge in [0, 0.05) is 5.92 Å². The van der Waals surface area contributed by atoms with Crippen LogP contribution >= 0.6 is 0 Å². The van der Waals surface area contributed by atoms with E-state index >= 15 is 0 Å². The van der Waals surface area contributed by atoms with Crippen molar-refractivity contribution in [2.24, 2.45) is 0 Å². The molecular weight excluding hydrogens is 194 g/mol. The van der Waals surface area contributed by atoms with Gasteiger partial charge in [-0.1, -0.05) is 31.8 Å². The highest BCUT2D eigenvalue weighted by molar-refractivity contribution is 5.90. The van der Waals surface area contributed by atoms with Gasteiger partial charge in [-0.2, -0.15) is 0 Å². The summed E-state index contributed by atoms with van der Waals surface area (Å²) in [6, 6.07) is 0. The Bertz CT molecular complexity index is 344. The number of nitrogens with zero attached hydrogens (tertiary/aromatic N) is 1. The second-order valence-electron chi connectivity index (χ2n) is 3.86. The Kier molecular flexibility index (Phi) is 3.88. The maximum Gasteiger partial charge on any atom is 0.341 e. The predicted octanol–water partition coefficient (Wildman–Crippen LogP) is 2.97. The molecular formula is C11H17NO3. The van der Waals surface area contributed by atoms with Crippen molar-refractivity contribution < 1.29 is 14.4 Å². The predicted molar refractivity (Wildman–Crippen MR) is 56.1 cm³/mol. The fraction of sp³-hybridized carbons (Fsp3) is 0.636. The number of unbranched alkanes of at least 4 members (excludes halogenated alkanes) is 1. The standard InChI is InChI=1S/C11H17NO3/c1-4-5-6-7(2)10-9(11(13)14)8(3)12-15-10/h7H,4-6H2,1-3H3,(H,13,14)/t7-/m1/s1. The lowest BCUT2D eigenvalue weighted by atomic mass is 9.98. The molecule has 0 spiro atoms. The number of aromatic nitrogens is 1. The lowest BCUT2D eigenvalue weighted by Gasteiger charge is -2.07. The summed E-state index contributed by atoms with van der Waals surface area (Å²) in [4.78, 5) is 11.0. The fourth-order valence-electron chi connectivity index (χ4n) is 1.63. The first-order valence-corrected chi connectivity index (χ1v) is 5.27. The normalized spacial score (nSPS) is 12.7. The van der Waals surface area contributed by atoms with E-state index in [0.29, 0.717) is 11.5 Å². The van der Waals surface area contributed by atoms with Gasteiger partial charge in [0.15, 0.2) is 5.76 Å². The van der Waals surface area contributed by atoms with Crippen LogP contribution in [0.15, 0.2) is 4.52 Å². The average molecular weight is 211 g/mol. The number of aryl methyl sites for hydroxylation is 1. The van der Waals surface area contributed by atoms with Crippen molar-refractivity contribution in [3.63, 3.8) is 0 Å². The van der Waals surface area contributed by atoms with Gasteiger partial charge in [0.05, 0.1) is 5.69 Å². The first-order chi connectivity index (χ1) is 7.07. The van der Waals surface area contributed by atoms with Crippen molar-refractivity contribution in [1.29, 1.82) is 0 Å². The van der Waals surface area contributed by atoms with Gasteiger partial charge < -0.3 is 9.63 Å². The van der Waals surface area contributed by atoms with Crippen LogP contribution in [-0.2, 0) is 0 Å². The highest BCUT2D eigenvalue weighted by Gasteiger charge is 2.23. The Balaban J connectivity index is 2.88. The number of aromatic carboxylic acids is 1. The Morgan fingerprint density at radius 1 is 1.60 bits per heavy atom. The fourth-order valence-corrected chi connectivity index (χ4v) is 1.63. The minimum atomic E-state index is -0.952. The Labute approximate surface area is 89.3 Å². The summed E-state index contributed by atoms with van der Waals surface area (Å²) in [5.41, 5.74) is 0.694. The monoisotopic (exact) mass is 211 g/mol. The number of carboxylic acid groups (broad SMARTS) is 1. The molecule has 0 aromatic carbocycles. The smallest absolute Gasteiger partial charge is 0.341 e. The number of carboxylic acids is 1. The molecule has 1 aromatic heterocycles. The van der Waals surface area contributed by atoms with E-state index in [2.05, 4.69) is 12.1 Å². The zero-order chi connectivity index (χ0) is 11.4. The first kappa shape index (κ1) is 11.8. The Hall–Kier alpha value is -1.32. The van der Waals surface area contributed by atoms with Crippen LogP contribution in [0, 0.1) is 6.92 Å². The highest BCUT2D eigenvalue weighted by atomic mass is 16.5. The van der Waals surface area contributed by atoms with Gasteiger partial charge in [-0.05, 0) is 13.3 Å². The molecule has 1 heterocycles. The summed E-state index contributed by atoms with van der Waals surface area (Å²) in [6.45, 7) is 5.74. The van der Waals surface area contributed by atoms with E-state index in [-0.39, 0.29) is 11.5 Å². The van der Waals surface area contributed by atoms with Gasteiger partial charge in [0.25, 0.3) is 0 Å². The molecule has 4 heteroatoms. The number of hydrogen-bond acceptors (Lipinski definition) is 3. The van der Waals surface area contributed by atoms with Crippen LogP contribution in [0.25, 0.3) is 0 Å². The van der Waals surface area contributed by atoms with Crippen LogP contribution in [0.1, 0.15) is 60.8 Å². The molecule has 0 aliphatic heterocycles. The molecule has 1 N–H and O–H groups in total. The SMILES string of the molecule is CCCC[C@@H](C)c1onc(C)c1C(=O)O. The van der Waals surface area contributed by atoms with E-state index in [1.54, 1.807) is 6.92 Å². The minimum Gasteiger partial charge on any atom is -0.477 e. The van der Waals surface area contributed by atoms with E-state index in [1.165, 1.54) is 0 Å². The molecule has 1 atom stereocenters. The lowest BCUT2D eigenvalue weighted by Crippen LogP contribution is -2.04. The lowest BCUT2D eigenvalue weighted by molar-refractivity contribution is 0.0693. The number of hydrogen-bond donors (Lipinski definition) is 1. The van der Waals surface area contributed by atoms with Gasteiger partial charge in [0.2, 0.25) is 0 Å². The number of rotatable bonds is 5. The van der Waals surface area contributed by atoms with E-state index in [0.717, 1.165) is 19.3 Å². The highest BCUT2D eigenvalue weighted by Crippen LogP contribution is 2.26. The molecule has 0 bridgehead atoms. The molecule has 0 unspecified atom stereocenters. The van der Waals surface area contributed by atoms with Gasteiger partial charge in [0.1, 0.15) is 5.56 Å². The molecule has 1 aromatic rings. The third-order valence-corrected chi connectivity index (χ3v) is 2.54. The largest absolute Gasteiger partial charge is 0.477 e. The van der Waals surface area contributed by atoms with Crippen LogP contribution in [-0.4, -0.2) is 16.2 Å². The van der Waals surface area contributed by atoms with Crippen molar-refractivity contribution in [1.82, 2.24) is 5.16 Å². The Morgan fingerprint density at radius 2 is 2.27 bits per heavy atom. The molecule has 15 heavy (non-hydrogen) atoms. The molecule has 0 fully saturated rings. The summed E-state index contributed by atoms with van der Waals surface area (Å²) in [5, 5.41) is 12.7. The van der Waals surface area contributed by atoms with E-state index in [9.17, 15) is 4.79 Å². The van der Waals surface area contributed by atoms with Crippen LogP contribution in [0.3, 0.4) is 0 Å². The maximum atomic E-state index is 11.0. The van der Waals surface area contributed by atoms with Gasteiger partial charge in [-0.3, -0.25) is 0 Å². The van der Waals surface area contributed by atoms with Crippen molar-refractivity contribution in [3.8, 4) is 0 Å². The van der Waals surface area contributed by atoms with Gasteiger partial charge in [-0.25, -0.2) is 4.79 Å². The van der Waals surface area contributed by atoms with E-state index in [1.807, 2.05) is 6.92 Å². The van der Waals surface area contributed by atoms with E-state index in [4.69, 9.17) is 9.63 Å². The van der Waals surface area contributed by atoms with Crippen molar-refractivity contribution >= 4 is 5.97 Å². The summed E-state index contributed by atoms with van der Waals surface area (Å²) in [7, 11) is 0. The summed E-state index contributed by atoms with van der Waals surface area (Å²) >= 11 is 0. The second kappa shape index (κ2) is 4.96. The average Bonchev–Trinajstić information content (AvgIpc) is 2.56. The van der Waals surface area contributed by atoms with Crippen LogP contribution in [0.5, 0.6) is 0 Å². The topological polar surface area (TPSA) is 63.3 Å². The molecule has 0 radical (unpaired) electrons. The third kappa shape index (κ3) is 2.58. The zero-order valence-electron chi connectivity index (χ0n) is 9.41. The second-order valence-corrected chi connectivity index (χ2v) is 3.86. The van der Waals surface area contributed by atoms with Crippen molar-refractivity contribution in [2.45, 2.75) is 46.0 Å². The summed E-state index contributed by atoms with van der Waals surface area (Å²) in [5.74, 6) is -0.321. The molecule has 1 rings (SSSR count). The molecule has 0 aliphatic carbocycles. The van der Waals surface area contributed by atoms with Gasteiger partial charge in [-0.15, -0.1) is 0 Å². The van der Waals surface area contributed by atoms with Crippen LogP contribution < -0.4 is 0 Å². The molecule has 4 nitrogen and oxygen atoms in total. The van der Waals surface area contributed by atoms with Crippen LogP contribution in [0.2, 0.25) is 0 Å². The molecule has 0 saturated heterocycles. The molecule has 0 saturated carbocycles. The quantitative estimate of drug-likeness (QED) is 0.813. The van der Waals surface area contributed by atoms with Crippen LogP contribution in [0.4, 0.5) is 0 Å².